The Hall–Kier alpha value is -3.60. The van der Waals surface area contributed by atoms with Gasteiger partial charge in [-0.3, -0.25) is 0 Å². The molecule has 0 N–H and O–H groups in total. The number of hydrogen-bond acceptors (Lipinski definition) is 1. The Labute approximate surface area is 224 Å². The van der Waals surface area contributed by atoms with E-state index in [2.05, 4.69) is 109 Å². The van der Waals surface area contributed by atoms with Crippen LogP contribution in [0.15, 0.2) is 90.3 Å². The SMILES string of the molecule is CCCCCCCCc1ccc(C#Cc2ccc3cc4c(ccc5c6ccsc6ccc45)cc3c2)cc1. The highest BCUT2D eigenvalue weighted by molar-refractivity contribution is 7.17. The van der Waals surface area contributed by atoms with Crippen molar-refractivity contribution in [2.24, 2.45) is 0 Å². The zero-order valence-electron chi connectivity index (χ0n) is 21.5. The first kappa shape index (κ1) is 23.8. The van der Waals surface area contributed by atoms with Gasteiger partial charge in [-0.15, -0.1) is 11.3 Å². The molecule has 37 heavy (non-hydrogen) atoms. The summed E-state index contributed by atoms with van der Waals surface area (Å²) in [4.78, 5) is 0. The number of fused-ring (bicyclic) bond motifs is 6. The van der Waals surface area contributed by atoms with Gasteiger partial charge in [-0.05, 0) is 105 Å². The molecule has 0 fully saturated rings. The molecule has 5 aromatic carbocycles. The Morgan fingerprint density at radius 2 is 1.27 bits per heavy atom. The number of benzene rings is 5. The highest BCUT2D eigenvalue weighted by atomic mass is 32.1. The summed E-state index contributed by atoms with van der Waals surface area (Å²) >= 11 is 1.81. The topological polar surface area (TPSA) is 0 Å². The second kappa shape index (κ2) is 10.8. The molecular weight excluding hydrogens is 464 g/mol. The average molecular weight is 497 g/mol. The van der Waals surface area contributed by atoms with Crippen LogP contribution in [0, 0.1) is 11.8 Å². The number of thiophene rings is 1. The van der Waals surface area contributed by atoms with E-state index in [0.717, 1.165) is 11.1 Å². The molecule has 0 spiro atoms. The fourth-order valence-corrected chi connectivity index (χ4v) is 6.23. The van der Waals surface area contributed by atoms with Crippen LogP contribution in [0.4, 0.5) is 0 Å². The van der Waals surface area contributed by atoms with E-state index in [1.54, 1.807) is 0 Å². The Morgan fingerprint density at radius 3 is 2.16 bits per heavy atom. The lowest BCUT2D eigenvalue weighted by atomic mass is 9.96. The minimum absolute atomic E-state index is 1.06. The summed E-state index contributed by atoms with van der Waals surface area (Å²) in [6, 6.07) is 31.4. The van der Waals surface area contributed by atoms with Gasteiger partial charge in [0.05, 0.1) is 0 Å². The Bertz CT molecular complexity index is 1760. The van der Waals surface area contributed by atoms with E-state index in [4.69, 9.17) is 0 Å². The largest absolute Gasteiger partial charge is 0.144 e. The summed E-state index contributed by atoms with van der Waals surface area (Å²) in [5.41, 5.74) is 3.56. The van der Waals surface area contributed by atoms with E-state index in [1.165, 1.54) is 92.9 Å². The van der Waals surface area contributed by atoms with Crippen molar-refractivity contribution >= 4 is 53.7 Å². The highest BCUT2D eigenvalue weighted by Crippen LogP contribution is 2.35. The van der Waals surface area contributed by atoms with Crippen LogP contribution in [0.2, 0.25) is 0 Å². The summed E-state index contributed by atoms with van der Waals surface area (Å²) in [7, 11) is 0. The first-order chi connectivity index (χ1) is 18.3. The van der Waals surface area contributed by atoms with Crippen molar-refractivity contribution in [1.82, 2.24) is 0 Å². The molecule has 182 valence electrons. The van der Waals surface area contributed by atoms with E-state index in [0.29, 0.717) is 0 Å². The van der Waals surface area contributed by atoms with Gasteiger partial charge in [-0.2, -0.15) is 0 Å². The summed E-state index contributed by atoms with van der Waals surface area (Å²) in [5.74, 6) is 6.76. The maximum absolute atomic E-state index is 3.39. The predicted octanol–water partition coefficient (Wildman–Crippen LogP) is 10.7. The lowest BCUT2D eigenvalue weighted by Crippen LogP contribution is -1.87. The molecule has 0 atom stereocenters. The van der Waals surface area contributed by atoms with Crippen molar-refractivity contribution < 1.29 is 0 Å². The molecule has 6 rings (SSSR count). The van der Waals surface area contributed by atoms with Crippen LogP contribution >= 0.6 is 11.3 Å². The standard InChI is InChI=1S/C36H32S/c1-2-3-4-5-6-7-8-26-9-11-27(12-10-26)13-14-28-15-16-29-25-35-30(24-31(29)23-28)17-18-32-33(35)19-20-36-34(32)21-22-37-36/h9-12,15-25H,2-8H2,1H3. The monoisotopic (exact) mass is 496 g/mol. The normalized spacial score (nSPS) is 11.4. The lowest BCUT2D eigenvalue weighted by molar-refractivity contribution is 0.607. The minimum atomic E-state index is 1.06. The van der Waals surface area contributed by atoms with Crippen LogP contribution in [0.25, 0.3) is 42.4 Å². The number of hydrogen-bond donors (Lipinski definition) is 0. The summed E-state index contributed by atoms with van der Waals surface area (Å²) in [6.45, 7) is 2.27. The van der Waals surface area contributed by atoms with Crippen molar-refractivity contribution in [3.8, 4) is 11.8 Å². The van der Waals surface area contributed by atoms with E-state index >= 15 is 0 Å². The van der Waals surface area contributed by atoms with Crippen molar-refractivity contribution in [3.63, 3.8) is 0 Å². The van der Waals surface area contributed by atoms with Crippen LogP contribution in [-0.2, 0) is 6.42 Å². The molecular formula is C36H32S. The molecule has 0 amide bonds. The lowest BCUT2D eigenvalue weighted by Gasteiger charge is -2.08. The molecule has 6 aromatic rings. The molecule has 0 aliphatic carbocycles. The molecule has 1 heteroatoms. The number of unbranched alkanes of at least 4 members (excludes halogenated alkanes) is 5. The molecule has 0 bridgehead atoms. The van der Waals surface area contributed by atoms with Crippen LogP contribution < -0.4 is 0 Å². The summed E-state index contributed by atoms with van der Waals surface area (Å²) in [6.07, 6.45) is 9.24. The second-order valence-electron chi connectivity index (χ2n) is 10.2. The molecule has 0 saturated carbocycles. The number of rotatable bonds is 7. The third-order valence-electron chi connectivity index (χ3n) is 7.53. The zero-order chi connectivity index (χ0) is 25.0. The maximum Gasteiger partial charge on any atom is 0.0349 e. The van der Waals surface area contributed by atoms with Gasteiger partial charge in [0.15, 0.2) is 0 Å². The molecule has 0 aliphatic rings. The second-order valence-corrected chi connectivity index (χ2v) is 11.1. The van der Waals surface area contributed by atoms with Crippen molar-refractivity contribution in [1.29, 1.82) is 0 Å². The predicted molar refractivity (Wildman–Crippen MR) is 164 cm³/mol. The van der Waals surface area contributed by atoms with Gasteiger partial charge in [0.25, 0.3) is 0 Å². The third-order valence-corrected chi connectivity index (χ3v) is 8.41. The molecule has 0 saturated heterocycles. The van der Waals surface area contributed by atoms with Gasteiger partial charge in [0.2, 0.25) is 0 Å². The van der Waals surface area contributed by atoms with E-state index in [9.17, 15) is 0 Å². The van der Waals surface area contributed by atoms with Crippen molar-refractivity contribution in [2.75, 3.05) is 0 Å². The fourth-order valence-electron chi connectivity index (χ4n) is 5.43. The first-order valence-electron chi connectivity index (χ1n) is 13.7. The van der Waals surface area contributed by atoms with Crippen LogP contribution in [0.5, 0.6) is 0 Å². The van der Waals surface area contributed by atoms with E-state index < -0.39 is 0 Å². The Balaban J connectivity index is 1.21. The van der Waals surface area contributed by atoms with Crippen LogP contribution in [-0.4, -0.2) is 0 Å². The Morgan fingerprint density at radius 1 is 0.541 bits per heavy atom. The minimum Gasteiger partial charge on any atom is -0.144 e. The molecule has 1 heterocycles. The quantitative estimate of drug-likeness (QED) is 0.0892. The van der Waals surface area contributed by atoms with E-state index in [-0.39, 0.29) is 0 Å². The van der Waals surface area contributed by atoms with Gasteiger partial charge in [-0.1, -0.05) is 87.3 Å². The molecule has 0 aliphatic heterocycles. The van der Waals surface area contributed by atoms with Gasteiger partial charge in [0, 0.05) is 21.2 Å². The van der Waals surface area contributed by atoms with Gasteiger partial charge in [-0.25, -0.2) is 0 Å². The summed E-state index contributed by atoms with van der Waals surface area (Å²) in [5, 5.41) is 11.3. The van der Waals surface area contributed by atoms with E-state index in [1.807, 2.05) is 11.3 Å². The first-order valence-corrected chi connectivity index (χ1v) is 14.5. The average Bonchev–Trinajstić information content (AvgIpc) is 3.42. The molecule has 0 radical (unpaired) electrons. The van der Waals surface area contributed by atoms with Crippen LogP contribution in [0.3, 0.4) is 0 Å². The third kappa shape index (κ3) is 5.13. The molecule has 1 aromatic heterocycles. The van der Waals surface area contributed by atoms with Gasteiger partial charge in [0.1, 0.15) is 0 Å². The fraction of sp³-hybridized carbons (Fsp3) is 0.222. The Kier molecular flexibility index (Phi) is 6.94. The van der Waals surface area contributed by atoms with Gasteiger partial charge >= 0.3 is 0 Å². The zero-order valence-corrected chi connectivity index (χ0v) is 22.3. The van der Waals surface area contributed by atoms with Crippen molar-refractivity contribution in [2.45, 2.75) is 51.9 Å². The smallest absolute Gasteiger partial charge is 0.0349 e. The van der Waals surface area contributed by atoms with Gasteiger partial charge < -0.3 is 0 Å². The molecule has 0 unspecified atom stereocenters. The number of aryl methyl sites for hydroxylation is 1. The summed E-state index contributed by atoms with van der Waals surface area (Å²) < 4.78 is 1.35. The van der Waals surface area contributed by atoms with Crippen LogP contribution in [0.1, 0.15) is 62.1 Å². The molecule has 0 nitrogen and oxygen atoms in total. The van der Waals surface area contributed by atoms with Crippen molar-refractivity contribution in [3.05, 3.63) is 107 Å². The highest BCUT2D eigenvalue weighted by Gasteiger charge is 2.07. The maximum atomic E-state index is 3.39.